The number of nitrogens with two attached hydrogens (primary N) is 1. The van der Waals surface area contributed by atoms with Gasteiger partial charge in [0.2, 0.25) is 5.96 Å². The molecular weight excluding hydrogens is 433 g/mol. The number of halogens is 2. The van der Waals surface area contributed by atoms with Gasteiger partial charge in [-0.05, 0) is 50.1 Å². The van der Waals surface area contributed by atoms with Crippen LogP contribution in [0.4, 0.5) is 10.1 Å². The van der Waals surface area contributed by atoms with Crippen molar-refractivity contribution in [3.63, 3.8) is 0 Å². The summed E-state index contributed by atoms with van der Waals surface area (Å²) in [6.45, 7) is 1.64. The number of anilines is 1. The van der Waals surface area contributed by atoms with E-state index in [2.05, 4.69) is 15.3 Å². The van der Waals surface area contributed by atoms with Gasteiger partial charge in [-0.3, -0.25) is 13.9 Å². The summed E-state index contributed by atoms with van der Waals surface area (Å²) in [5.41, 5.74) is 5.21. The normalized spacial score (nSPS) is 24.9. The monoisotopic (exact) mass is 453 g/mol. The van der Waals surface area contributed by atoms with Gasteiger partial charge >= 0.3 is 0 Å². The van der Waals surface area contributed by atoms with Gasteiger partial charge in [0.25, 0.3) is 5.91 Å². The second-order valence-electron chi connectivity index (χ2n) is 7.56. The molecule has 1 aliphatic heterocycles. The van der Waals surface area contributed by atoms with E-state index in [1.165, 1.54) is 37.5 Å². The average Bonchev–Trinajstić information content (AvgIpc) is 3.51. The molecule has 1 aromatic carbocycles. The predicted octanol–water partition coefficient (Wildman–Crippen LogP) is 3.80. The van der Waals surface area contributed by atoms with Crippen LogP contribution in [-0.2, 0) is 5.54 Å². The zero-order chi connectivity index (χ0) is 21.9. The first-order valence-corrected chi connectivity index (χ1v) is 11.0. The second kappa shape index (κ2) is 6.81. The van der Waals surface area contributed by atoms with E-state index < -0.39 is 32.8 Å². The first kappa shape index (κ1) is 20.9. The predicted molar refractivity (Wildman–Crippen MR) is 115 cm³/mol. The number of hydrogen-bond donors (Lipinski definition) is 4. The van der Waals surface area contributed by atoms with E-state index in [9.17, 15) is 18.3 Å². The highest BCUT2D eigenvalue weighted by molar-refractivity contribution is 8.24. The third-order valence-corrected chi connectivity index (χ3v) is 8.90. The molecule has 4 rings (SSSR count). The van der Waals surface area contributed by atoms with Crippen molar-refractivity contribution in [3.05, 3.63) is 58.6 Å². The third-order valence-electron chi connectivity index (χ3n) is 5.87. The van der Waals surface area contributed by atoms with Gasteiger partial charge in [0, 0.05) is 24.5 Å². The van der Waals surface area contributed by atoms with Gasteiger partial charge < -0.3 is 11.1 Å². The van der Waals surface area contributed by atoms with Crippen molar-refractivity contribution in [2.24, 2.45) is 10.7 Å². The van der Waals surface area contributed by atoms with Gasteiger partial charge in [0.1, 0.15) is 21.8 Å². The molecule has 5 N–H and O–H groups in total. The van der Waals surface area contributed by atoms with Gasteiger partial charge in [-0.15, -0.1) is 10.8 Å². The largest absolute Gasteiger partial charge is 0.369 e. The Morgan fingerprint density at radius 2 is 2.03 bits per heavy atom. The number of carbonyl (C=O) groups is 1. The Balaban J connectivity index is 1.73. The molecule has 1 fully saturated rings. The Kier molecular flexibility index (Phi) is 4.73. The van der Waals surface area contributed by atoms with Crippen molar-refractivity contribution in [1.29, 1.82) is 0 Å². The first-order valence-electron chi connectivity index (χ1n) is 9.12. The van der Waals surface area contributed by atoms with Gasteiger partial charge in [0.15, 0.2) is 0 Å². The van der Waals surface area contributed by atoms with Crippen molar-refractivity contribution in [2.75, 3.05) is 12.4 Å². The molecule has 1 amide bonds. The van der Waals surface area contributed by atoms with Crippen LogP contribution in [0.15, 0.2) is 41.5 Å². The number of amides is 1. The number of benzene rings is 1. The van der Waals surface area contributed by atoms with Crippen molar-refractivity contribution in [3.8, 4) is 0 Å². The smallest absolute Gasteiger partial charge is 0.274 e. The Labute approximate surface area is 179 Å². The fraction of sp³-hybridized carbons (Fsp3) is 0.316. The molecule has 1 saturated carbocycles. The van der Waals surface area contributed by atoms with E-state index in [-0.39, 0.29) is 17.2 Å². The second-order valence-corrected chi connectivity index (χ2v) is 10.4. The maximum atomic E-state index is 14.9. The Morgan fingerprint density at radius 3 is 2.63 bits per heavy atom. The van der Waals surface area contributed by atoms with Crippen LogP contribution in [0.3, 0.4) is 0 Å². The van der Waals surface area contributed by atoms with Crippen LogP contribution in [0.1, 0.15) is 35.8 Å². The van der Waals surface area contributed by atoms with E-state index in [4.69, 9.17) is 17.3 Å². The highest BCUT2D eigenvalue weighted by atomic mass is 35.5. The summed E-state index contributed by atoms with van der Waals surface area (Å²) in [4.78, 5) is 20.9. The quantitative estimate of drug-likeness (QED) is 0.560. The number of aromatic nitrogens is 1. The number of pyridine rings is 1. The molecule has 30 heavy (non-hydrogen) atoms. The van der Waals surface area contributed by atoms with Crippen molar-refractivity contribution >= 4 is 39.9 Å². The molecule has 1 spiro atoms. The van der Waals surface area contributed by atoms with Gasteiger partial charge in [-0.1, -0.05) is 11.6 Å². The van der Waals surface area contributed by atoms with Crippen LogP contribution in [-0.4, -0.2) is 42.1 Å². The van der Waals surface area contributed by atoms with Crippen LogP contribution < -0.4 is 11.1 Å². The molecule has 2 aromatic rings. The number of aliphatic imine (C=N–C) groups is 1. The summed E-state index contributed by atoms with van der Waals surface area (Å²) >= 11 is 5.79. The summed E-state index contributed by atoms with van der Waals surface area (Å²) in [5.74, 6) is -1.16. The molecule has 11 heteroatoms. The number of hydrogen-bond acceptors (Lipinski definition) is 7. The summed E-state index contributed by atoms with van der Waals surface area (Å²) in [7, 11) is -1.87. The number of carbonyl (C=O) groups excluding carboxylic acids is 1. The first-order chi connectivity index (χ1) is 14.0. The molecule has 0 bridgehead atoms. The molecule has 1 aromatic heterocycles. The molecule has 2 aliphatic rings. The molecule has 1 aliphatic carbocycles. The van der Waals surface area contributed by atoms with Gasteiger partial charge in [-0.2, -0.15) is 0 Å². The Morgan fingerprint density at radius 1 is 1.33 bits per heavy atom. The lowest BCUT2D eigenvalue weighted by Crippen LogP contribution is -2.55. The third kappa shape index (κ3) is 2.94. The van der Waals surface area contributed by atoms with E-state index in [1.54, 1.807) is 13.0 Å². The summed E-state index contributed by atoms with van der Waals surface area (Å²) < 4.78 is 36.8. The average molecular weight is 454 g/mol. The fourth-order valence-electron chi connectivity index (χ4n) is 3.92. The number of guanidine groups is 1. The summed E-state index contributed by atoms with van der Waals surface area (Å²) in [6.07, 6.45) is 2.26. The zero-order valence-corrected chi connectivity index (χ0v) is 17.8. The Hall–Kier alpha value is -2.40. The van der Waals surface area contributed by atoms with Gasteiger partial charge in [-0.25, -0.2) is 18.7 Å². The zero-order valence-electron chi connectivity index (χ0n) is 16.3. The van der Waals surface area contributed by atoms with Crippen molar-refractivity contribution in [1.82, 2.24) is 9.29 Å². The topological polar surface area (TPSA) is 124 Å². The molecule has 0 unspecified atom stereocenters. The molecule has 0 radical (unpaired) electrons. The molecule has 0 saturated heterocycles. The van der Waals surface area contributed by atoms with Crippen LogP contribution in [0.25, 0.3) is 0 Å². The maximum absolute atomic E-state index is 14.9. The fourth-order valence-corrected chi connectivity index (χ4v) is 6.20. The van der Waals surface area contributed by atoms with Crippen LogP contribution >= 0.6 is 22.4 Å². The Bertz CT molecular complexity index is 1060. The maximum Gasteiger partial charge on any atom is 0.274 e. The molecule has 1 atom stereocenters. The lowest BCUT2D eigenvalue weighted by molar-refractivity contribution is 0.102. The highest BCUT2D eigenvalue weighted by Gasteiger charge is 2.70. The van der Waals surface area contributed by atoms with Crippen LogP contribution in [0, 0.1) is 5.82 Å². The molecular formula is C19H21ClFN5O3S. The van der Waals surface area contributed by atoms with Crippen molar-refractivity contribution < 1.29 is 18.3 Å². The van der Waals surface area contributed by atoms with Crippen LogP contribution in [0.5, 0.6) is 0 Å². The molecule has 2 heterocycles. The molecule has 8 nitrogen and oxygen atoms in total. The standard InChI is InChI=1S/C19H21ClFN5O3S/c1-18(19(7-8-19)30(28,29)26(2)17(22)25-18)13-9-12(4-5-14(13)21)24-16(27)15-6-3-11(20)10-23-15/h3-6,9-10,28-29H,7-8H2,1-2H3,(H2,22,25)(H,24,27)/t18-/m1/s1. The number of nitrogens with one attached hydrogen (secondary N) is 1. The minimum absolute atomic E-state index is 0.0887. The van der Waals surface area contributed by atoms with Gasteiger partial charge in [0.05, 0.1) is 5.02 Å². The minimum Gasteiger partial charge on any atom is -0.369 e. The summed E-state index contributed by atoms with van der Waals surface area (Å²) in [6, 6.07) is 7.08. The number of nitrogens with zero attached hydrogens (tertiary/aromatic N) is 3. The van der Waals surface area contributed by atoms with E-state index in [0.29, 0.717) is 23.6 Å². The van der Waals surface area contributed by atoms with E-state index in [1.807, 2.05) is 0 Å². The highest BCUT2D eigenvalue weighted by Crippen LogP contribution is 2.76. The lowest BCUT2D eigenvalue weighted by Gasteiger charge is -2.56. The number of rotatable bonds is 3. The minimum atomic E-state index is -3.33. The summed E-state index contributed by atoms with van der Waals surface area (Å²) in [5, 5.41) is 3.07. The van der Waals surface area contributed by atoms with Crippen LogP contribution in [0.2, 0.25) is 5.02 Å². The van der Waals surface area contributed by atoms with E-state index in [0.717, 1.165) is 4.31 Å². The lowest BCUT2D eigenvalue weighted by atomic mass is 9.86. The van der Waals surface area contributed by atoms with Crippen molar-refractivity contribution in [2.45, 2.75) is 30.1 Å². The SMILES string of the molecule is CN1C(N)=N[C@](C)(c2cc(NC(=O)c3ccc(Cl)cn3)ccc2F)C2(CC2)S1(O)O. The van der Waals surface area contributed by atoms with E-state index >= 15 is 0 Å². The molecule has 160 valence electrons.